The zero-order chi connectivity index (χ0) is 13.4. The molecule has 0 fully saturated rings. The van der Waals surface area contributed by atoms with E-state index in [9.17, 15) is 26.3 Å². The summed E-state index contributed by atoms with van der Waals surface area (Å²) in [5.74, 6) is -7.29. The molecule has 0 saturated heterocycles. The molecule has 3 N–H and O–H groups in total. The summed E-state index contributed by atoms with van der Waals surface area (Å²) in [5, 5.41) is 8.79. The van der Waals surface area contributed by atoms with Gasteiger partial charge in [-0.1, -0.05) is 6.07 Å². The maximum absolute atomic E-state index is 13.1. The highest BCUT2D eigenvalue weighted by Gasteiger charge is 2.62. The number of hydrogen-bond acceptors (Lipinski definition) is 2. The Labute approximate surface area is 91.7 Å². The summed E-state index contributed by atoms with van der Waals surface area (Å²) in [4.78, 5) is 0. The Bertz CT molecular complexity index is 416. The van der Waals surface area contributed by atoms with Gasteiger partial charge in [0.2, 0.25) is 0 Å². The van der Waals surface area contributed by atoms with Gasteiger partial charge in [-0.3, -0.25) is 0 Å². The van der Waals surface area contributed by atoms with Crippen LogP contribution >= 0.6 is 0 Å². The van der Waals surface area contributed by atoms with Crippen LogP contribution in [0.4, 0.5) is 26.3 Å². The molecule has 0 bridgehead atoms. The summed E-state index contributed by atoms with van der Waals surface area (Å²) in [6, 6.07) is -1.12. The SMILES string of the molecule is N[C@@H](c1ccc(O)cc1F)C(F)(F)C(F)(F)F. The molecule has 0 radical (unpaired) electrons. The molecule has 17 heavy (non-hydrogen) atoms. The molecular weight excluding hydrogens is 252 g/mol. The van der Waals surface area contributed by atoms with Crippen molar-refractivity contribution in [3.05, 3.63) is 29.6 Å². The third-order valence-corrected chi connectivity index (χ3v) is 2.09. The van der Waals surface area contributed by atoms with Crippen molar-refractivity contribution in [3.63, 3.8) is 0 Å². The van der Waals surface area contributed by atoms with Gasteiger partial charge in [-0.15, -0.1) is 0 Å². The lowest BCUT2D eigenvalue weighted by Crippen LogP contribution is -2.46. The fraction of sp³-hybridized carbons (Fsp3) is 0.333. The summed E-state index contributed by atoms with van der Waals surface area (Å²) in [6.07, 6.45) is -5.88. The predicted octanol–water partition coefficient (Wildman–Crippen LogP) is 2.73. The first-order valence-corrected chi connectivity index (χ1v) is 4.26. The van der Waals surface area contributed by atoms with Crippen molar-refractivity contribution in [1.29, 1.82) is 0 Å². The number of phenolic OH excluding ortho intramolecular Hbond substituents is 1. The third-order valence-electron chi connectivity index (χ3n) is 2.09. The second kappa shape index (κ2) is 4.10. The van der Waals surface area contributed by atoms with E-state index in [-0.39, 0.29) is 0 Å². The molecule has 0 aliphatic heterocycles. The van der Waals surface area contributed by atoms with Gasteiger partial charge in [0.1, 0.15) is 17.6 Å². The molecule has 1 aromatic rings. The Balaban J connectivity index is 3.17. The predicted molar refractivity (Wildman–Crippen MR) is 46.0 cm³/mol. The van der Waals surface area contributed by atoms with Crippen molar-refractivity contribution in [2.24, 2.45) is 5.73 Å². The topological polar surface area (TPSA) is 46.2 Å². The van der Waals surface area contributed by atoms with Crippen LogP contribution in [-0.2, 0) is 0 Å². The molecule has 0 aliphatic rings. The summed E-state index contributed by atoms with van der Waals surface area (Å²) in [7, 11) is 0. The zero-order valence-electron chi connectivity index (χ0n) is 8.10. The van der Waals surface area contributed by atoms with E-state index < -0.39 is 35.3 Å². The highest BCUT2D eigenvalue weighted by molar-refractivity contribution is 5.31. The number of halogens is 6. The van der Waals surface area contributed by atoms with E-state index in [1.807, 2.05) is 0 Å². The summed E-state index contributed by atoms with van der Waals surface area (Å²) >= 11 is 0. The number of benzene rings is 1. The fourth-order valence-electron chi connectivity index (χ4n) is 1.14. The van der Waals surface area contributed by atoms with Crippen LogP contribution in [0.3, 0.4) is 0 Å². The lowest BCUT2D eigenvalue weighted by atomic mass is 10.0. The Morgan fingerprint density at radius 2 is 1.65 bits per heavy atom. The molecular formula is C9H7F6NO. The second-order valence-corrected chi connectivity index (χ2v) is 3.30. The Morgan fingerprint density at radius 1 is 1.12 bits per heavy atom. The Hall–Kier alpha value is -1.44. The second-order valence-electron chi connectivity index (χ2n) is 3.30. The van der Waals surface area contributed by atoms with Crippen molar-refractivity contribution < 1.29 is 31.4 Å². The van der Waals surface area contributed by atoms with E-state index in [0.29, 0.717) is 12.1 Å². The highest BCUT2D eigenvalue weighted by atomic mass is 19.4. The molecule has 2 nitrogen and oxygen atoms in total. The molecule has 0 unspecified atom stereocenters. The maximum Gasteiger partial charge on any atom is 0.455 e. The zero-order valence-corrected chi connectivity index (χ0v) is 8.10. The molecule has 0 saturated carbocycles. The number of aromatic hydroxyl groups is 1. The van der Waals surface area contributed by atoms with Crippen LogP contribution in [0.5, 0.6) is 5.75 Å². The minimum Gasteiger partial charge on any atom is -0.508 e. The van der Waals surface area contributed by atoms with Crippen LogP contribution in [0.15, 0.2) is 18.2 Å². The fourth-order valence-corrected chi connectivity index (χ4v) is 1.14. The van der Waals surface area contributed by atoms with E-state index in [0.717, 1.165) is 6.07 Å². The summed E-state index contributed by atoms with van der Waals surface area (Å²) < 4.78 is 74.6. The molecule has 0 aromatic heterocycles. The minimum atomic E-state index is -5.88. The first-order valence-electron chi connectivity index (χ1n) is 4.26. The molecule has 96 valence electrons. The van der Waals surface area contributed by atoms with Gasteiger partial charge in [0.05, 0.1) is 0 Å². The monoisotopic (exact) mass is 259 g/mol. The highest BCUT2D eigenvalue weighted by Crippen LogP contribution is 2.43. The molecule has 1 rings (SSSR count). The van der Waals surface area contributed by atoms with Gasteiger partial charge in [0.25, 0.3) is 0 Å². The smallest absolute Gasteiger partial charge is 0.455 e. The van der Waals surface area contributed by atoms with E-state index >= 15 is 0 Å². The average molecular weight is 259 g/mol. The van der Waals surface area contributed by atoms with Crippen molar-refractivity contribution >= 4 is 0 Å². The average Bonchev–Trinajstić information content (AvgIpc) is 2.14. The summed E-state index contributed by atoms with van der Waals surface area (Å²) in [5.41, 5.74) is 3.70. The van der Waals surface area contributed by atoms with Crippen molar-refractivity contribution in [2.75, 3.05) is 0 Å². The lowest BCUT2D eigenvalue weighted by molar-refractivity contribution is -0.291. The van der Waals surface area contributed by atoms with Gasteiger partial charge in [0, 0.05) is 11.6 Å². The van der Waals surface area contributed by atoms with Gasteiger partial charge in [-0.25, -0.2) is 4.39 Å². The number of phenols is 1. The van der Waals surface area contributed by atoms with Crippen molar-refractivity contribution in [3.8, 4) is 5.75 Å². The van der Waals surface area contributed by atoms with Gasteiger partial charge >= 0.3 is 12.1 Å². The standard InChI is InChI=1S/C9H7F6NO/c10-6-3-4(17)1-2-5(6)7(16)8(11,12)9(13,14)15/h1-3,7,17H,16H2/t7-/m0/s1. The molecule has 8 heteroatoms. The normalized spacial score (nSPS) is 14.8. The van der Waals surface area contributed by atoms with E-state index in [1.165, 1.54) is 0 Å². The largest absolute Gasteiger partial charge is 0.508 e. The molecule has 0 aliphatic carbocycles. The van der Waals surface area contributed by atoms with Crippen molar-refractivity contribution in [2.45, 2.75) is 18.1 Å². The lowest BCUT2D eigenvalue weighted by Gasteiger charge is -2.26. The minimum absolute atomic E-state index is 0.404. The molecule has 0 spiro atoms. The van der Waals surface area contributed by atoms with E-state index in [4.69, 9.17) is 10.8 Å². The van der Waals surface area contributed by atoms with Gasteiger partial charge in [-0.05, 0) is 6.07 Å². The first kappa shape index (κ1) is 13.6. The van der Waals surface area contributed by atoms with Crippen molar-refractivity contribution in [1.82, 2.24) is 0 Å². The van der Waals surface area contributed by atoms with Crippen LogP contribution in [0, 0.1) is 5.82 Å². The number of rotatable bonds is 2. The van der Waals surface area contributed by atoms with E-state index in [2.05, 4.69) is 0 Å². The van der Waals surface area contributed by atoms with Crippen LogP contribution < -0.4 is 5.73 Å². The molecule has 0 heterocycles. The molecule has 0 amide bonds. The molecule has 1 atom stereocenters. The summed E-state index contributed by atoms with van der Waals surface area (Å²) in [6.45, 7) is 0. The third kappa shape index (κ3) is 2.46. The number of nitrogens with two attached hydrogens (primary N) is 1. The van der Waals surface area contributed by atoms with Crippen LogP contribution in [0.2, 0.25) is 0 Å². The Morgan fingerprint density at radius 3 is 2.06 bits per heavy atom. The quantitative estimate of drug-likeness (QED) is 0.802. The van der Waals surface area contributed by atoms with E-state index in [1.54, 1.807) is 0 Å². The van der Waals surface area contributed by atoms with Crippen LogP contribution in [0.25, 0.3) is 0 Å². The van der Waals surface area contributed by atoms with Gasteiger partial charge in [-0.2, -0.15) is 22.0 Å². The van der Waals surface area contributed by atoms with Gasteiger partial charge < -0.3 is 10.8 Å². The number of hydrogen-bond donors (Lipinski definition) is 2. The first-order chi connectivity index (χ1) is 7.57. The maximum atomic E-state index is 13.1. The van der Waals surface area contributed by atoms with Gasteiger partial charge in [0.15, 0.2) is 0 Å². The number of alkyl halides is 5. The Kier molecular flexibility index (Phi) is 3.28. The van der Waals surface area contributed by atoms with Crippen LogP contribution in [-0.4, -0.2) is 17.2 Å². The molecule has 1 aromatic carbocycles. The van der Waals surface area contributed by atoms with Crippen LogP contribution in [0.1, 0.15) is 11.6 Å².